The highest BCUT2D eigenvalue weighted by atomic mass is 35.5. The standard InChI is InChI=1S/C15H19Cl2NO4S/c1-3-22-15(19)10(2)9-18(11-4-5-11)23(20,21)12-6-7-13(16)14(17)8-12/h6-8,10-11H,3-5,9H2,1-2H3. The minimum atomic E-state index is -3.74. The summed E-state index contributed by atoms with van der Waals surface area (Å²) >= 11 is 11.8. The van der Waals surface area contributed by atoms with Crippen LogP contribution in [0.2, 0.25) is 10.0 Å². The van der Waals surface area contributed by atoms with Crippen LogP contribution in [-0.2, 0) is 19.6 Å². The van der Waals surface area contributed by atoms with Gasteiger partial charge in [0.15, 0.2) is 0 Å². The van der Waals surface area contributed by atoms with Crippen LogP contribution in [0.25, 0.3) is 0 Å². The van der Waals surface area contributed by atoms with Crippen LogP contribution in [0.3, 0.4) is 0 Å². The summed E-state index contributed by atoms with van der Waals surface area (Å²) in [4.78, 5) is 11.9. The van der Waals surface area contributed by atoms with Crippen molar-refractivity contribution in [2.75, 3.05) is 13.2 Å². The first-order valence-electron chi connectivity index (χ1n) is 7.41. The van der Waals surface area contributed by atoms with Gasteiger partial charge in [0.25, 0.3) is 0 Å². The average molecular weight is 380 g/mol. The number of ether oxygens (including phenoxy) is 1. The molecule has 1 fully saturated rings. The number of sulfonamides is 1. The molecule has 0 aromatic heterocycles. The van der Waals surface area contributed by atoms with Crippen molar-refractivity contribution in [3.63, 3.8) is 0 Å². The van der Waals surface area contributed by atoms with Crippen LogP contribution in [0.15, 0.2) is 23.1 Å². The van der Waals surface area contributed by atoms with E-state index < -0.39 is 21.9 Å². The Balaban J connectivity index is 2.25. The summed E-state index contributed by atoms with van der Waals surface area (Å²) < 4.78 is 32.1. The molecule has 0 heterocycles. The number of halogens is 2. The molecule has 5 nitrogen and oxygen atoms in total. The van der Waals surface area contributed by atoms with Gasteiger partial charge in [-0.1, -0.05) is 30.1 Å². The van der Waals surface area contributed by atoms with Gasteiger partial charge in [-0.05, 0) is 38.0 Å². The summed E-state index contributed by atoms with van der Waals surface area (Å²) in [7, 11) is -3.74. The number of carbonyl (C=O) groups excluding carboxylic acids is 1. The third kappa shape index (κ3) is 4.38. The third-order valence-electron chi connectivity index (χ3n) is 3.59. The molecular weight excluding hydrogens is 361 g/mol. The van der Waals surface area contributed by atoms with Gasteiger partial charge in [0.1, 0.15) is 0 Å². The SMILES string of the molecule is CCOC(=O)C(C)CN(C1CC1)S(=O)(=O)c1ccc(Cl)c(Cl)c1. The van der Waals surface area contributed by atoms with E-state index in [1.807, 2.05) is 0 Å². The number of rotatable bonds is 7. The van der Waals surface area contributed by atoms with E-state index in [0.29, 0.717) is 5.02 Å². The number of hydrogen-bond donors (Lipinski definition) is 0. The van der Waals surface area contributed by atoms with Crippen molar-refractivity contribution in [2.24, 2.45) is 5.92 Å². The predicted octanol–water partition coefficient (Wildman–Crippen LogP) is 3.35. The molecule has 1 aliphatic carbocycles. The van der Waals surface area contributed by atoms with Gasteiger partial charge in [-0.2, -0.15) is 4.31 Å². The molecular formula is C15H19Cl2NO4S. The Morgan fingerprint density at radius 3 is 2.52 bits per heavy atom. The fourth-order valence-corrected chi connectivity index (χ4v) is 4.37. The lowest BCUT2D eigenvalue weighted by Crippen LogP contribution is -2.39. The maximum absolute atomic E-state index is 12.9. The smallest absolute Gasteiger partial charge is 0.309 e. The number of esters is 1. The monoisotopic (exact) mass is 379 g/mol. The molecule has 0 spiro atoms. The van der Waals surface area contributed by atoms with E-state index in [0.717, 1.165) is 12.8 Å². The normalized spacial score (nSPS) is 16.4. The second kappa shape index (κ2) is 7.38. The van der Waals surface area contributed by atoms with Gasteiger partial charge < -0.3 is 4.74 Å². The van der Waals surface area contributed by atoms with Crippen LogP contribution >= 0.6 is 23.2 Å². The number of hydrogen-bond acceptors (Lipinski definition) is 4. The second-order valence-corrected chi connectivity index (χ2v) is 8.24. The zero-order chi connectivity index (χ0) is 17.2. The summed E-state index contributed by atoms with van der Waals surface area (Å²) in [5.74, 6) is -0.935. The maximum Gasteiger partial charge on any atom is 0.309 e. The molecule has 2 rings (SSSR count). The van der Waals surface area contributed by atoms with Crippen molar-refractivity contribution in [3.8, 4) is 0 Å². The summed E-state index contributed by atoms with van der Waals surface area (Å²) in [6.45, 7) is 3.74. The fourth-order valence-electron chi connectivity index (χ4n) is 2.21. The van der Waals surface area contributed by atoms with E-state index in [2.05, 4.69) is 0 Å². The first-order valence-corrected chi connectivity index (χ1v) is 9.60. The highest BCUT2D eigenvalue weighted by Crippen LogP contribution is 2.34. The molecule has 1 unspecified atom stereocenters. The molecule has 128 valence electrons. The molecule has 0 aliphatic heterocycles. The van der Waals surface area contributed by atoms with Crippen molar-refractivity contribution in [1.82, 2.24) is 4.31 Å². The lowest BCUT2D eigenvalue weighted by atomic mass is 10.2. The maximum atomic E-state index is 12.9. The van der Waals surface area contributed by atoms with Crippen molar-refractivity contribution in [2.45, 2.75) is 37.6 Å². The minimum absolute atomic E-state index is 0.0775. The first kappa shape index (κ1) is 18.5. The topological polar surface area (TPSA) is 63.7 Å². The summed E-state index contributed by atoms with van der Waals surface area (Å²) in [6.07, 6.45) is 1.58. The van der Waals surface area contributed by atoms with Gasteiger partial charge in [0.2, 0.25) is 10.0 Å². The van der Waals surface area contributed by atoms with Crippen molar-refractivity contribution >= 4 is 39.2 Å². The highest BCUT2D eigenvalue weighted by Gasteiger charge is 2.40. The molecule has 0 bridgehead atoms. The molecule has 1 aromatic carbocycles. The molecule has 1 aliphatic rings. The fraction of sp³-hybridized carbons (Fsp3) is 0.533. The number of benzene rings is 1. The van der Waals surface area contributed by atoms with Gasteiger partial charge in [0, 0.05) is 12.6 Å². The van der Waals surface area contributed by atoms with Crippen LogP contribution in [0, 0.1) is 5.92 Å². The van der Waals surface area contributed by atoms with Gasteiger partial charge in [0.05, 0.1) is 27.5 Å². The molecule has 0 saturated heterocycles. The Kier molecular flexibility index (Phi) is 5.94. The molecule has 0 N–H and O–H groups in total. The Bertz CT molecular complexity index is 689. The number of nitrogens with zero attached hydrogens (tertiary/aromatic N) is 1. The van der Waals surface area contributed by atoms with Gasteiger partial charge in [-0.3, -0.25) is 4.79 Å². The zero-order valence-electron chi connectivity index (χ0n) is 13.0. The Hall–Kier alpha value is -0.820. The quantitative estimate of drug-likeness (QED) is 0.681. The van der Waals surface area contributed by atoms with Crippen LogP contribution in [0.4, 0.5) is 0 Å². The Morgan fingerprint density at radius 2 is 2.00 bits per heavy atom. The second-order valence-electron chi connectivity index (χ2n) is 5.53. The summed E-state index contributed by atoms with van der Waals surface area (Å²) in [5.41, 5.74) is 0. The predicted molar refractivity (Wildman–Crippen MR) is 89.2 cm³/mol. The molecule has 23 heavy (non-hydrogen) atoms. The van der Waals surface area contributed by atoms with Crippen LogP contribution in [-0.4, -0.2) is 37.9 Å². The average Bonchev–Trinajstić information content (AvgIpc) is 3.31. The zero-order valence-corrected chi connectivity index (χ0v) is 15.3. The van der Waals surface area contributed by atoms with E-state index in [-0.39, 0.29) is 29.1 Å². The highest BCUT2D eigenvalue weighted by molar-refractivity contribution is 7.89. The molecule has 1 saturated carbocycles. The third-order valence-corrected chi connectivity index (χ3v) is 6.25. The molecule has 0 amide bonds. The van der Waals surface area contributed by atoms with E-state index in [4.69, 9.17) is 27.9 Å². The van der Waals surface area contributed by atoms with E-state index in [1.165, 1.54) is 22.5 Å². The van der Waals surface area contributed by atoms with Gasteiger partial charge in [-0.15, -0.1) is 0 Å². The first-order chi connectivity index (χ1) is 10.8. The lowest BCUT2D eigenvalue weighted by molar-refractivity contribution is -0.147. The molecule has 8 heteroatoms. The van der Waals surface area contributed by atoms with Crippen LogP contribution in [0.5, 0.6) is 0 Å². The molecule has 1 aromatic rings. The van der Waals surface area contributed by atoms with Gasteiger partial charge in [-0.25, -0.2) is 8.42 Å². The van der Waals surface area contributed by atoms with Gasteiger partial charge >= 0.3 is 5.97 Å². The van der Waals surface area contributed by atoms with Crippen molar-refractivity contribution in [1.29, 1.82) is 0 Å². The summed E-state index contributed by atoms with van der Waals surface area (Å²) in [5, 5.41) is 0.477. The van der Waals surface area contributed by atoms with Crippen LogP contribution in [0.1, 0.15) is 26.7 Å². The lowest BCUT2D eigenvalue weighted by Gasteiger charge is -2.24. The summed E-state index contributed by atoms with van der Waals surface area (Å²) in [6, 6.07) is 4.14. The van der Waals surface area contributed by atoms with E-state index >= 15 is 0 Å². The van der Waals surface area contributed by atoms with Crippen molar-refractivity contribution < 1.29 is 17.9 Å². The largest absolute Gasteiger partial charge is 0.466 e. The molecule has 1 atom stereocenters. The minimum Gasteiger partial charge on any atom is -0.466 e. The van der Waals surface area contributed by atoms with Crippen molar-refractivity contribution in [3.05, 3.63) is 28.2 Å². The van der Waals surface area contributed by atoms with Crippen LogP contribution < -0.4 is 0 Å². The Morgan fingerprint density at radius 1 is 1.35 bits per heavy atom. The Labute approximate surface area is 146 Å². The van der Waals surface area contributed by atoms with E-state index in [9.17, 15) is 13.2 Å². The molecule has 0 radical (unpaired) electrons. The van der Waals surface area contributed by atoms with E-state index in [1.54, 1.807) is 13.8 Å². The number of carbonyl (C=O) groups is 1.